The molecule has 2 rings (SSSR count). The van der Waals surface area contributed by atoms with E-state index in [1.54, 1.807) is 12.3 Å². The first kappa shape index (κ1) is 18.0. The van der Waals surface area contributed by atoms with Gasteiger partial charge < -0.3 is 16.0 Å². The summed E-state index contributed by atoms with van der Waals surface area (Å²) < 4.78 is 1.53. The third-order valence-corrected chi connectivity index (χ3v) is 4.20. The summed E-state index contributed by atoms with van der Waals surface area (Å²) in [6.45, 7) is 5.85. The summed E-state index contributed by atoms with van der Waals surface area (Å²) >= 11 is 0. The van der Waals surface area contributed by atoms with Crippen molar-refractivity contribution in [1.82, 2.24) is 20.4 Å². The topological polar surface area (TPSA) is 88.1 Å². The molecule has 1 aromatic rings. The maximum Gasteiger partial charge on any atom is 0.319 e. The van der Waals surface area contributed by atoms with Crippen molar-refractivity contribution < 1.29 is 9.59 Å². The van der Waals surface area contributed by atoms with Crippen LogP contribution >= 0.6 is 0 Å². The Hall–Kier alpha value is -2.31. The van der Waals surface area contributed by atoms with Gasteiger partial charge in [0.25, 0.3) is 0 Å². The number of amides is 3. The van der Waals surface area contributed by atoms with E-state index in [-0.39, 0.29) is 24.5 Å². The van der Waals surface area contributed by atoms with E-state index in [1.807, 2.05) is 6.92 Å². The van der Waals surface area contributed by atoms with Gasteiger partial charge >= 0.3 is 6.03 Å². The average Bonchev–Trinajstić information content (AvgIpc) is 3.19. The molecule has 1 aliphatic rings. The third-order valence-electron chi connectivity index (χ3n) is 4.20. The van der Waals surface area contributed by atoms with Crippen LogP contribution in [0.1, 0.15) is 45.4 Å². The first-order valence-corrected chi connectivity index (χ1v) is 8.61. The second-order valence-electron chi connectivity index (χ2n) is 6.20. The molecule has 3 amide bonds. The molecule has 3 N–H and O–H groups in total. The molecule has 0 bridgehead atoms. The van der Waals surface area contributed by atoms with Crippen molar-refractivity contribution in [3.05, 3.63) is 25.0 Å². The lowest BCUT2D eigenvalue weighted by Gasteiger charge is -2.15. The molecule has 0 radical (unpaired) electrons. The van der Waals surface area contributed by atoms with Gasteiger partial charge in [-0.2, -0.15) is 5.10 Å². The summed E-state index contributed by atoms with van der Waals surface area (Å²) in [6.07, 6.45) is 11.0. The van der Waals surface area contributed by atoms with Gasteiger partial charge in [0.1, 0.15) is 6.54 Å². The minimum atomic E-state index is -0.279. The Morgan fingerprint density at radius 1 is 1.46 bits per heavy atom. The Labute approximate surface area is 142 Å². The van der Waals surface area contributed by atoms with Crippen LogP contribution in [0.25, 0.3) is 0 Å². The van der Waals surface area contributed by atoms with Crippen LogP contribution in [-0.2, 0) is 11.3 Å². The van der Waals surface area contributed by atoms with Gasteiger partial charge in [0.15, 0.2) is 0 Å². The lowest BCUT2D eigenvalue weighted by Crippen LogP contribution is -2.37. The Bertz CT molecular complexity index is 563. The van der Waals surface area contributed by atoms with E-state index in [0.29, 0.717) is 11.7 Å². The van der Waals surface area contributed by atoms with Crippen molar-refractivity contribution in [3.8, 4) is 0 Å². The normalized spacial score (nSPS) is 15.7. The van der Waals surface area contributed by atoms with Gasteiger partial charge in [-0.05, 0) is 25.7 Å². The highest BCUT2D eigenvalue weighted by atomic mass is 16.2. The molecule has 132 valence electrons. The Morgan fingerprint density at radius 3 is 2.88 bits per heavy atom. The van der Waals surface area contributed by atoms with Crippen LogP contribution < -0.4 is 16.0 Å². The number of hydrogen-bond acceptors (Lipinski definition) is 3. The molecule has 7 nitrogen and oxygen atoms in total. The lowest BCUT2D eigenvalue weighted by atomic mass is 10.1. The molecule has 0 aromatic carbocycles. The molecule has 1 aromatic heterocycles. The van der Waals surface area contributed by atoms with Gasteiger partial charge in [-0.1, -0.05) is 25.8 Å². The summed E-state index contributed by atoms with van der Waals surface area (Å²) in [7, 11) is 0. The van der Waals surface area contributed by atoms with Crippen molar-refractivity contribution in [2.75, 3.05) is 5.32 Å². The monoisotopic (exact) mass is 333 g/mol. The van der Waals surface area contributed by atoms with Crippen molar-refractivity contribution in [2.24, 2.45) is 0 Å². The molecule has 0 saturated heterocycles. The van der Waals surface area contributed by atoms with Crippen LogP contribution in [0.5, 0.6) is 0 Å². The van der Waals surface area contributed by atoms with E-state index < -0.39 is 0 Å². The van der Waals surface area contributed by atoms with E-state index in [2.05, 4.69) is 27.6 Å². The van der Waals surface area contributed by atoms with Crippen molar-refractivity contribution in [2.45, 2.75) is 64.1 Å². The number of nitrogens with zero attached hydrogens (tertiary/aromatic N) is 2. The molecule has 1 saturated carbocycles. The summed E-state index contributed by atoms with van der Waals surface area (Å²) in [4.78, 5) is 23.9. The highest BCUT2D eigenvalue weighted by molar-refractivity contribution is 5.89. The van der Waals surface area contributed by atoms with E-state index in [4.69, 9.17) is 0 Å². The number of carbonyl (C=O) groups excluding carboxylic acids is 2. The van der Waals surface area contributed by atoms with Crippen LogP contribution in [0.15, 0.2) is 25.0 Å². The minimum absolute atomic E-state index is 0.0435. The maximum absolute atomic E-state index is 12.0. The molecule has 1 fully saturated rings. The number of rotatable bonds is 8. The molecule has 0 spiro atoms. The van der Waals surface area contributed by atoms with Crippen molar-refractivity contribution in [1.29, 1.82) is 0 Å². The molecule has 24 heavy (non-hydrogen) atoms. The summed E-state index contributed by atoms with van der Waals surface area (Å²) in [6, 6.07) is 0.0839. The molecule has 1 atom stereocenters. The number of nitrogens with one attached hydrogen (secondary N) is 3. The summed E-state index contributed by atoms with van der Waals surface area (Å²) in [5.74, 6) is -0.0435. The largest absolute Gasteiger partial charge is 0.352 e. The number of hydrogen-bond donors (Lipinski definition) is 3. The fourth-order valence-electron chi connectivity index (χ4n) is 2.89. The molecular weight excluding hydrogens is 306 g/mol. The van der Waals surface area contributed by atoms with Crippen molar-refractivity contribution in [3.63, 3.8) is 0 Å². The lowest BCUT2D eigenvalue weighted by molar-refractivity contribution is -0.122. The second-order valence-corrected chi connectivity index (χ2v) is 6.20. The van der Waals surface area contributed by atoms with Crippen LogP contribution in [0.3, 0.4) is 0 Å². The summed E-state index contributed by atoms with van der Waals surface area (Å²) in [5.41, 5.74) is 0.564. The van der Waals surface area contributed by atoms with Crippen LogP contribution in [-0.4, -0.2) is 33.8 Å². The molecular formula is C17H27N5O2. The predicted octanol–water partition coefficient (Wildman–Crippen LogP) is 2.42. The van der Waals surface area contributed by atoms with Gasteiger partial charge in [-0.25, -0.2) is 4.79 Å². The van der Waals surface area contributed by atoms with Crippen LogP contribution in [0.4, 0.5) is 10.5 Å². The first-order chi connectivity index (χ1) is 11.6. The Morgan fingerprint density at radius 2 is 2.21 bits per heavy atom. The average molecular weight is 333 g/mol. The van der Waals surface area contributed by atoms with Crippen LogP contribution in [0, 0.1) is 0 Å². The molecule has 0 aliphatic heterocycles. The molecule has 1 aliphatic carbocycles. The zero-order valence-corrected chi connectivity index (χ0v) is 14.3. The van der Waals surface area contributed by atoms with Gasteiger partial charge in [0.2, 0.25) is 5.91 Å². The van der Waals surface area contributed by atoms with Gasteiger partial charge in [-0.3, -0.25) is 9.48 Å². The Balaban J connectivity index is 1.78. The van der Waals surface area contributed by atoms with Crippen molar-refractivity contribution >= 4 is 17.6 Å². The smallest absolute Gasteiger partial charge is 0.319 e. The molecule has 7 heteroatoms. The highest BCUT2D eigenvalue weighted by Gasteiger charge is 2.17. The highest BCUT2D eigenvalue weighted by Crippen LogP contribution is 2.17. The Kier molecular flexibility index (Phi) is 6.84. The third kappa shape index (κ3) is 5.72. The van der Waals surface area contributed by atoms with Crippen LogP contribution in [0.2, 0.25) is 0 Å². The molecule has 1 heterocycles. The summed E-state index contributed by atoms with van der Waals surface area (Å²) in [5, 5.41) is 12.7. The zero-order valence-electron chi connectivity index (χ0n) is 14.3. The first-order valence-electron chi connectivity index (χ1n) is 8.61. The number of aromatic nitrogens is 2. The van der Waals surface area contributed by atoms with E-state index >= 15 is 0 Å². The van der Waals surface area contributed by atoms with Gasteiger partial charge in [0.05, 0.1) is 11.9 Å². The fraction of sp³-hybridized carbons (Fsp3) is 0.588. The fourth-order valence-corrected chi connectivity index (χ4v) is 2.89. The van der Waals surface area contributed by atoms with E-state index in [0.717, 1.165) is 25.7 Å². The van der Waals surface area contributed by atoms with E-state index in [9.17, 15) is 9.59 Å². The molecule has 0 unspecified atom stereocenters. The second kappa shape index (κ2) is 9.10. The number of anilines is 1. The van der Waals surface area contributed by atoms with Gasteiger partial charge in [0, 0.05) is 18.3 Å². The SMILES string of the molecule is C=CC[C@@H](CC)NC(=O)Nc1cnn(CC(=O)NC2CCCC2)c1. The minimum Gasteiger partial charge on any atom is -0.352 e. The van der Waals surface area contributed by atoms with Gasteiger partial charge in [-0.15, -0.1) is 6.58 Å². The quantitative estimate of drug-likeness (QED) is 0.638. The predicted molar refractivity (Wildman–Crippen MR) is 93.7 cm³/mol. The zero-order chi connectivity index (χ0) is 17.4. The maximum atomic E-state index is 12.0. The number of carbonyl (C=O) groups is 2. The number of urea groups is 1. The van der Waals surface area contributed by atoms with E-state index in [1.165, 1.54) is 23.7 Å². The standard InChI is InChI=1S/C17H27N5O2/c1-3-7-13(4-2)20-17(24)21-15-10-18-22(11-15)12-16(23)19-14-8-5-6-9-14/h3,10-11,13-14H,1,4-9,12H2,2H3,(H,19,23)(H2,20,21,24)/t13-/m1/s1.